The number of benzene rings is 2. The zero-order valence-electron chi connectivity index (χ0n) is 15.4. The standard InChI is InChI=1S/C21H22N2O5/c24-20(14-4-9-17-19(13-14)28-12-2-11-26-17)22-15-5-7-16(8-6-15)23-21(25)18-3-1-10-27-18/h4-9,13,18H,1-3,10-12H2,(H,22,24)(H,23,25). The van der Waals surface area contributed by atoms with Crippen LogP contribution in [0.3, 0.4) is 0 Å². The normalized spacial score (nSPS) is 18.2. The fourth-order valence-corrected chi connectivity index (χ4v) is 3.15. The van der Waals surface area contributed by atoms with Crippen molar-refractivity contribution in [1.82, 2.24) is 0 Å². The monoisotopic (exact) mass is 382 g/mol. The summed E-state index contributed by atoms with van der Waals surface area (Å²) in [5.74, 6) is 0.853. The second-order valence-electron chi connectivity index (χ2n) is 6.73. The summed E-state index contributed by atoms with van der Waals surface area (Å²) in [6.07, 6.45) is 2.09. The molecule has 0 saturated carbocycles. The van der Waals surface area contributed by atoms with Crippen LogP contribution >= 0.6 is 0 Å². The first-order chi connectivity index (χ1) is 13.7. The van der Waals surface area contributed by atoms with E-state index in [1.807, 2.05) is 0 Å². The van der Waals surface area contributed by atoms with Crippen molar-refractivity contribution < 1.29 is 23.8 Å². The van der Waals surface area contributed by atoms with Crippen molar-refractivity contribution in [2.24, 2.45) is 0 Å². The predicted octanol–water partition coefficient (Wildman–Crippen LogP) is 3.22. The van der Waals surface area contributed by atoms with Gasteiger partial charge in [0.15, 0.2) is 11.5 Å². The van der Waals surface area contributed by atoms with Crippen LogP contribution in [0.2, 0.25) is 0 Å². The smallest absolute Gasteiger partial charge is 0.255 e. The lowest BCUT2D eigenvalue weighted by atomic mass is 10.1. The SMILES string of the molecule is O=C(Nc1ccc(NC(=O)C2CCCO2)cc1)c1ccc2c(c1)OCCCO2. The van der Waals surface area contributed by atoms with E-state index in [0.29, 0.717) is 48.3 Å². The molecule has 28 heavy (non-hydrogen) atoms. The maximum atomic E-state index is 12.5. The molecular formula is C21H22N2O5. The molecule has 1 fully saturated rings. The molecule has 1 atom stereocenters. The lowest BCUT2D eigenvalue weighted by molar-refractivity contribution is -0.124. The number of nitrogens with one attached hydrogen (secondary N) is 2. The topological polar surface area (TPSA) is 85.9 Å². The molecule has 2 aliphatic heterocycles. The summed E-state index contributed by atoms with van der Waals surface area (Å²) >= 11 is 0. The Bertz CT molecular complexity index is 860. The Morgan fingerprint density at radius 3 is 2.25 bits per heavy atom. The zero-order chi connectivity index (χ0) is 19.3. The van der Waals surface area contributed by atoms with Gasteiger partial charge in [0, 0.05) is 30.0 Å². The van der Waals surface area contributed by atoms with Crippen LogP contribution in [0.5, 0.6) is 11.5 Å². The number of carbonyl (C=O) groups excluding carboxylic acids is 2. The lowest BCUT2D eigenvalue weighted by Crippen LogP contribution is -2.26. The Morgan fingerprint density at radius 1 is 0.821 bits per heavy atom. The van der Waals surface area contributed by atoms with E-state index in [0.717, 1.165) is 19.3 Å². The first-order valence-corrected chi connectivity index (χ1v) is 9.42. The molecule has 1 unspecified atom stereocenters. The minimum Gasteiger partial charge on any atom is -0.490 e. The highest BCUT2D eigenvalue weighted by atomic mass is 16.5. The third-order valence-corrected chi connectivity index (χ3v) is 4.64. The van der Waals surface area contributed by atoms with Crippen LogP contribution in [0.4, 0.5) is 11.4 Å². The Labute approximate surface area is 163 Å². The van der Waals surface area contributed by atoms with E-state index in [4.69, 9.17) is 14.2 Å². The van der Waals surface area contributed by atoms with E-state index in [9.17, 15) is 9.59 Å². The molecule has 0 aromatic heterocycles. The van der Waals surface area contributed by atoms with Crippen LogP contribution in [0.1, 0.15) is 29.6 Å². The van der Waals surface area contributed by atoms with Crippen molar-refractivity contribution in [1.29, 1.82) is 0 Å². The van der Waals surface area contributed by atoms with E-state index in [1.165, 1.54) is 0 Å². The number of hydrogen-bond acceptors (Lipinski definition) is 5. The molecule has 2 aromatic rings. The molecule has 2 amide bonds. The summed E-state index contributed by atoms with van der Waals surface area (Å²) in [5.41, 5.74) is 1.78. The van der Waals surface area contributed by atoms with E-state index in [2.05, 4.69) is 10.6 Å². The van der Waals surface area contributed by atoms with Gasteiger partial charge in [-0.3, -0.25) is 9.59 Å². The summed E-state index contributed by atoms with van der Waals surface area (Å²) in [6.45, 7) is 1.80. The maximum absolute atomic E-state index is 12.5. The van der Waals surface area contributed by atoms with Crippen molar-refractivity contribution in [2.45, 2.75) is 25.4 Å². The highest BCUT2D eigenvalue weighted by molar-refractivity contribution is 6.04. The van der Waals surface area contributed by atoms with Crippen LogP contribution in [-0.2, 0) is 9.53 Å². The van der Waals surface area contributed by atoms with Crippen molar-refractivity contribution in [3.63, 3.8) is 0 Å². The van der Waals surface area contributed by atoms with Gasteiger partial charge in [0.2, 0.25) is 0 Å². The van der Waals surface area contributed by atoms with Gasteiger partial charge in [-0.05, 0) is 55.3 Å². The fourth-order valence-electron chi connectivity index (χ4n) is 3.15. The molecule has 146 valence electrons. The maximum Gasteiger partial charge on any atom is 0.255 e. The average Bonchev–Trinajstić information content (AvgIpc) is 3.15. The zero-order valence-corrected chi connectivity index (χ0v) is 15.4. The molecule has 2 heterocycles. The highest BCUT2D eigenvalue weighted by Crippen LogP contribution is 2.30. The van der Waals surface area contributed by atoms with Crippen molar-refractivity contribution >= 4 is 23.2 Å². The minimum atomic E-state index is -0.376. The van der Waals surface area contributed by atoms with Gasteiger partial charge in [-0.15, -0.1) is 0 Å². The van der Waals surface area contributed by atoms with E-state index in [1.54, 1.807) is 42.5 Å². The number of rotatable bonds is 4. The summed E-state index contributed by atoms with van der Waals surface area (Å²) in [6, 6.07) is 12.1. The van der Waals surface area contributed by atoms with E-state index in [-0.39, 0.29) is 17.9 Å². The van der Waals surface area contributed by atoms with Gasteiger partial charge in [0.25, 0.3) is 11.8 Å². The molecular weight excluding hydrogens is 360 g/mol. The number of fused-ring (bicyclic) bond motifs is 1. The second kappa shape index (κ2) is 8.31. The molecule has 1 saturated heterocycles. The number of carbonyl (C=O) groups is 2. The van der Waals surface area contributed by atoms with Gasteiger partial charge < -0.3 is 24.8 Å². The fraction of sp³-hybridized carbons (Fsp3) is 0.333. The first kappa shape index (κ1) is 18.3. The molecule has 2 aliphatic rings. The summed E-state index contributed by atoms with van der Waals surface area (Å²) in [5, 5.41) is 5.67. The predicted molar refractivity (Wildman–Crippen MR) is 104 cm³/mol. The highest BCUT2D eigenvalue weighted by Gasteiger charge is 2.23. The quantitative estimate of drug-likeness (QED) is 0.848. The third-order valence-electron chi connectivity index (χ3n) is 4.64. The second-order valence-corrected chi connectivity index (χ2v) is 6.73. The largest absolute Gasteiger partial charge is 0.490 e. The average molecular weight is 382 g/mol. The van der Waals surface area contributed by atoms with Gasteiger partial charge in [-0.1, -0.05) is 0 Å². The van der Waals surface area contributed by atoms with Crippen molar-refractivity contribution in [3.05, 3.63) is 48.0 Å². The third kappa shape index (κ3) is 4.26. The Balaban J connectivity index is 1.38. The van der Waals surface area contributed by atoms with Crippen molar-refractivity contribution in [3.8, 4) is 11.5 Å². The number of ether oxygens (including phenoxy) is 3. The Morgan fingerprint density at radius 2 is 1.54 bits per heavy atom. The summed E-state index contributed by atoms with van der Waals surface area (Å²) < 4.78 is 16.6. The molecule has 4 rings (SSSR count). The number of amides is 2. The Hall–Kier alpha value is -3.06. The summed E-state index contributed by atoms with van der Waals surface area (Å²) in [4.78, 5) is 24.6. The van der Waals surface area contributed by atoms with Crippen LogP contribution in [0.25, 0.3) is 0 Å². The lowest BCUT2D eigenvalue weighted by Gasteiger charge is -2.12. The van der Waals surface area contributed by atoms with Crippen molar-refractivity contribution in [2.75, 3.05) is 30.5 Å². The molecule has 7 heteroatoms. The number of anilines is 2. The molecule has 0 spiro atoms. The minimum absolute atomic E-state index is 0.138. The Kier molecular flexibility index (Phi) is 5.43. The molecule has 0 aliphatic carbocycles. The molecule has 2 N–H and O–H groups in total. The van der Waals surface area contributed by atoms with Gasteiger partial charge >= 0.3 is 0 Å². The van der Waals surface area contributed by atoms with Crippen LogP contribution in [-0.4, -0.2) is 37.7 Å². The molecule has 0 bridgehead atoms. The van der Waals surface area contributed by atoms with Gasteiger partial charge in [0.05, 0.1) is 13.2 Å². The number of hydrogen-bond donors (Lipinski definition) is 2. The van der Waals surface area contributed by atoms with E-state index < -0.39 is 0 Å². The summed E-state index contributed by atoms with van der Waals surface area (Å²) in [7, 11) is 0. The molecule has 7 nitrogen and oxygen atoms in total. The van der Waals surface area contributed by atoms with Crippen LogP contribution in [0, 0.1) is 0 Å². The van der Waals surface area contributed by atoms with Gasteiger partial charge in [0.1, 0.15) is 6.10 Å². The van der Waals surface area contributed by atoms with Crippen LogP contribution < -0.4 is 20.1 Å². The molecule has 0 radical (unpaired) electrons. The molecule has 2 aromatic carbocycles. The van der Waals surface area contributed by atoms with E-state index >= 15 is 0 Å². The van der Waals surface area contributed by atoms with Gasteiger partial charge in [-0.25, -0.2) is 0 Å². The van der Waals surface area contributed by atoms with Crippen LogP contribution in [0.15, 0.2) is 42.5 Å². The first-order valence-electron chi connectivity index (χ1n) is 9.42. The van der Waals surface area contributed by atoms with Gasteiger partial charge in [-0.2, -0.15) is 0 Å².